The van der Waals surface area contributed by atoms with Crippen molar-refractivity contribution in [3.05, 3.63) is 41.9 Å². The Labute approximate surface area is 118 Å². The number of nitrogens with zero attached hydrogens (tertiary/aromatic N) is 1. The summed E-state index contributed by atoms with van der Waals surface area (Å²) >= 11 is 1.41. The lowest BCUT2D eigenvalue weighted by Crippen LogP contribution is -1.97. The van der Waals surface area contributed by atoms with Crippen LogP contribution in [0.2, 0.25) is 0 Å². The van der Waals surface area contributed by atoms with Crippen LogP contribution in [0.1, 0.15) is 16.1 Å². The number of nitrogen functional groups attached to an aromatic ring is 1. The summed E-state index contributed by atoms with van der Waals surface area (Å²) in [6, 6.07) is 7.09. The summed E-state index contributed by atoms with van der Waals surface area (Å²) in [5.41, 5.74) is 8.69. The highest BCUT2D eigenvalue weighted by atomic mass is 32.2. The van der Waals surface area contributed by atoms with E-state index in [-0.39, 0.29) is 5.76 Å². The second-order valence-electron chi connectivity index (χ2n) is 4.19. The maximum atomic E-state index is 10.9. The lowest BCUT2D eigenvalue weighted by molar-refractivity contribution is 0.0661. The largest absolute Gasteiger partial charge is 0.475 e. The monoisotopic (exact) mass is 289 g/mol. The topological polar surface area (TPSA) is 105 Å². The van der Waals surface area contributed by atoms with E-state index in [1.165, 1.54) is 18.0 Å². The van der Waals surface area contributed by atoms with Gasteiger partial charge in [-0.05, 0) is 24.3 Å². The summed E-state index contributed by atoms with van der Waals surface area (Å²) < 4.78 is 4.93. The highest BCUT2D eigenvalue weighted by Gasteiger charge is 2.14. The fraction of sp³-hybridized carbons (Fsp3) is 0.0769. The zero-order valence-electron chi connectivity index (χ0n) is 10.3. The van der Waals surface area contributed by atoms with Crippen molar-refractivity contribution >= 4 is 34.5 Å². The predicted octanol–water partition coefficient (Wildman–Crippen LogP) is 2.73. The smallest absolute Gasteiger partial charge is 0.372 e. The van der Waals surface area contributed by atoms with Gasteiger partial charge in [0.1, 0.15) is 0 Å². The Morgan fingerprint density at radius 1 is 1.45 bits per heavy atom. The molecule has 3 rings (SSSR count). The fourth-order valence-corrected chi connectivity index (χ4v) is 2.72. The van der Waals surface area contributed by atoms with Crippen molar-refractivity contribution in [2.24, 2.45) is 0 Å². The SMILES string of the molecule is Nc1ccc2nc(SCc3ccoc3C(=O)O)[nH]c2c1. The van der Waals surface area contributed by atoms with Gasteiger partial charge in [0.05, 0.1) is 17.3 Å². The number of benzene rings is 1. The quantitative estimate of drug-likeness (QED) is 0.504. The van der Waals surface area contributed by atoms with Gasteiger partial charge >= 0.3 is 5.97 Å². The van der Waals surface area contributed by atoms with Crippen LogP contribution in [-0.4, -0.2) is 21.0 Å². The van der Waals surface area contributed by atoms with E-state index >= 15 is 0 Å². The third-order valence-electron chi connectivity index (χ3n) is 2.79. The van der Waals surface area contributed by atoms with Gasteiger partial charge in [-0.25, -0.2) is 9.78 Å². The van der Waals surface area contributed by atoms with E-state index in [9.17, 15) is 4.79 Å². The minimum atomic E-state index is -1.07. The molecule has 0 aliphatic carbocycles. The molecular weight excluding hydrogens is 278 g/mol. The Hall–Kier alpha value is -2.41. The zero-order chi connectivity index (χ0) is 14.1. The van der Waals surface area contributed by atoms with E-state index in [0.717, 1.165) is 11.0 Å². The van der Waals surface area contributed by atoms with Gasteiger partial charge in [0, 0.05) is 17.0 Å². The van der Waals surface area contributed by atoms with Crippen molar-refractivity contribution in [3.8, 4) is 0 Å². The summed E-state index contributed by atoms with van der Waals surface area (Å²) in [5, 5.41) is 9.67. The molecule has 3 aromatic rings. The molecule has 1 aromatic carbocycles. The average molecular weight is 289 g/mol. The van der Waals surface area contributed by atoms with Gasteiger partial charge in [0.15, 0.2) is 5.16 Å². The Bertz CT molecular complexity index is 778. The number of hydrogen-bond acceptors (Lipinski definition) is 5. The van der Waals surface area contributed by atoms with Crippen LogP contribution in [0.25, 0.3) is 11.0 Å². The molecule has 20 heavy (non-hydrogen) atoms. The van der Waals surface area contributed by atoms with Gasteiger partial charge in [-0.3, -0.25) is 0 Å². The fourth-order valence-electron chi connectivity index (χ4n) is 1.86. The van der Waals surface area contributed by atoms with E-state index in [1.807, 2.05) is 12.1 Å². The van der Waals surface area contributed by atoms with E-state index in [2.05, 4.69) is 9.97 Å². The molecule has 0 fully saturated rings. The van der Waals surface area contributed by atoms with Crippen molar-refractivity contribution in [2.45, 2.75) is 10.9 Å². The number of nitrogens with two attached hydrogens (primary N) is 1. The van der Waals surface area contributed by atoms with Crippen LogP contribution in [0.5, 0.6) is 0 Å². The number of thioether (sulfide) groups is 1. The molecule has 0 aliphatic rings. The maximum Gasteiger partial charge on any atom is 0.372 e. The second kappa shape index (κ2) is 4.93. The number of aromatic carboxylic acids is 1. The standard InChI is InChI=1S/C13H11N3O3S/c14-8-1-2-9-10(5-8)16-13(15-9)20-6-7-3-4-19-11(7)12(17)18/h1-5H,6,14H2,(H,15,16)(H,17,18). The molecule has 0 spiro atoms. The van der Waals surface area contributed by atoms with Crippen LogP contribution >= 0.6 is 11.8 Å². The van der Waals surface area contributed by atoms with Crippen molar-refractivity contribution in [2.75, 3.05) is 5.73 Å². The van der Waals surface area contributed by atoms with Crippen LogP contribution < -0.4 is 5.73 Å². The Balaban J connectivity index is 1.79. The lowest BCUT2D eigenvalue weighted by Gasteiger charge is -1.96. The van der Waals surface area contributed by atoms with Gasteiger partial charge < -0.3 is 20.2 Å². The van der Waals surface area contributed by atoms with E-state index in [1.54, 1.807) is 12.1 Å². The van der Waals surface area contributed by atoms with Crippen LogP contribution in [0.15, 0.2) is 40.1 Å². The summed E-state index contributed by atoms with van der Waals surface area (Å²) in [6.45, 7) is 0. The zero-order valence-corrected chi connectivity index (χ0v) is 11.1. The van der Waals surface area contributed by atoms with Crippen LogP contribution in [-0.2, 0) is 5.75 Å². The molecule has 7 heteroatoms. The first kappa shape index (κ1) is 12.6. The predicted molar refractivity (Wildman–Crippen MR) is 75.7 cm³/mol. The Morgan fingerprint density at radius 2 is 2.30 bits per heavy atom. The van der Waals surface area contributed by atoms with Crippen LogP contribution in [0, 0.1) is 0 Å². The first-order valence-corrected chi connectivity index (χ1v) is 6.80. The number of nitrogens with one attached hydrogen (secondary N) is 1. The second-order valence-corrected chi connectivity index (χ2v) is 5.15. The number of aromatic nitrogens is 2. The number of furan rings is 1. The molecule has 0 atom stereocenters. The highest BCUT2D eigenvalue weighted by Crippen LogP contribution is 2.25. The van der Waals surface area contributed by atoms with Crippen molar-refractivity contribution < 1.29 is 14.3 Å². The van der Waals surface area contributed by atoms with Crippen LogP contribution in [0.3, 0.4) is 0 Å². The van der Waals surface area contributed by atoms with Crippen LogP contribution in [0.4, 0.5) is 5.69 Å². The molecule has 0 bridgehead atoms. The normalized spacial score (nSPS) is 11.0. The molecule has 4 N–H and O–H groups in total. The first-order valence-electron chi connectivity index (χ1n) is 5.81. The average Bonchev–Trinajstić information content (AvgIpc) is 3.01. The number of aromatic amines is 1. The summed E-state index contributed by atoms with van der Waals surface area (Å²) in [5.74, 6) is -0.631. The molecule has 0 amide bonds. The number of fused-ring (bicyclic) bond motifs is 1. The summed E-state index contributed by atoms with van der Waals surface area (Å²) in [7, 11) is 0. The summed E-state index contributed by atoms with van der Waals surface area (Å²) in [6.07, 6.45) is 1.37. The number of carbonyl (C=O) groups is 1. The lowest BCUT2D eigenvalue weighted by atomic mass is 10.3. The molecule has 2 heterocycles. The number of H-pyrrole nitrogens is 1. The number of carboxylic acid groups (broad SMARTS) is 1. The highest BCUT2D eigenvalue weighted by molar-refractivity contribution is 7.98. The van der Waals surface area contributed by atoms with Gasteiger partial charge in [0.25, 0.3) is 0 Å². The molecule has 0 aliphatic heterocycles. The van der Waals surface area contributed by atoms with Crippen molar-refractivity contribution in [1.29, 1.82) is 0 Å². The molecular formula is C13H11N3O3S. The third-order valence-corrected chi connectivity index (χ3v) is 3.71. The van der Waals surface area contributed by atoms with Gasteiger partial charge in [-0.1, -0.05) is 11.8 Å². The Kier molecular flexibility index (Phi) is 3.11. The number of imidazole rings is 1. The van der Waals surface area contributed by atoms with Gasteiger partial charge in [-0.2, -0.15) is 0 Å². The molecule has 6 nitrogen and oxygen atoms in total. The molecule has 0 unspecified atom stereocenters. The minimum absolute atomic E-state index is 0.0298. The number of hydrogen-bond donors (Lipinski definition) is 3. The third kappa shape index (κ3) is 2.35. The number of anilines is 1. The molecule has 0 saturated heterocycles. The molecule has 0 radical (unpaired) electrons. The number of rotatable bonds is 4. The van der Waals surface area contributed by atoms with E-state index in [0.29, 0.717) is 22.2 Å². The first-order chi connectivity index (χ1) is 9.63. The summed E-state index contributed by atoms with van der Waals surface area (Å²) in [4.78, 5) is 18.5. The maximum absolute atomic E-state index is 10.9. The Morgan fingerprint density at radius 3 is 3.10 bits per heavy atom. The molecule has 0 saturated carbocycles. The van der Waals surface area contributed by atoms with Crippen molar-refractivity contribution in [1.82, 2.24) is 9.97 Å². The molecule has 2 aromatic heterocycles. The van der Waals surface area contributed by atoms with Gasteiger partial charge in [-0.15, -0.1) is 0 Å². The van der Waals surface area contributed by atoms with Gasteiger partial charge in [0.2, 0.25) is 5.76 Å². The molecule has 102 valence electrons. The van der Waals surface area contributed by atoms with Crippen molar-refractivity contribution in [3.63, 3.8) is 0 Å². The minimum Gasteiger partial charge on any atom is -0.475 e. The van der Waals surface area contributed by atoms with E-state index in [4.69, 9.17) is 15.3 Å². The van der Waals surface area contributed by atoms with E-state index < -0.39 is 5.97 Å². The number of carboxylic acids is 1.